The summed E-state index contributed by atoms with van der Waals surface area (Å²) in [6, 6.07) is 0. The predicted octanol–water partition coefficient (Wildman–Crippen LogP) is -1.27. The molecule has 2 heterocycles. The maximum Gasteiger partial charge on any atom is 0.279 e. The van der Waals surface area contributed by atoms with Gasteiger partial charge in [-0.15, -0.1) is 0 Å². The molecule has 0 aromatic carbocycles. The van der Waals surface area contributed by atoms with Crippen molar-refractivity contribution in [1.29, 1.82) is 0 Å². The number of hydrogen-bond acceptors (Lipinski definition) is 4. The summed E-state index contributed by atoms with van der Waals surface area (Å²) in [7, 11) is 1.68. The maximum atomic E-state index is 11.9. The van der Waals surface area contributed by atoms with Crippen molar-refractivity contribution in [1.82, 2.24) is 9.55 Å². The van der Waals surface area contributed by atoms with E-state index in [1.54, 1.807) is 32.3 Å². The Morgan fingerprint density at radius 2 is 2.19 bits per heavy atom. The molecule has 2 rings (SSSR count). The van der Waals surface area contributed by atoms with Crippen molar-refractivity contribution >= 4 is 6.08 Å². The number of aromatic nitrogens is 2. The van der Waals surface area contributed by atoms with E-state index in [0.717, 1.165) is 0 Å². The highest BCUT2D eigenvalue weighted by Crippen LogP contribution is 2.03. The molecule has 0 bridgehead atoms. The van der Waals surface area contributed by atoms with Crippen LogP contribution in [0, 0.1) is 6.92 Å². The van der Waals surface area contributed by atoms with Gasteiger partial charge in [0.2, 0.25) is 0 Å². The number of rotatable bonds is 0. The summed E-state index contributed by atoms with van der Waals surface area (Å²) in [5.74, 6) is 0.646. The molecule has 1 aliphatic heterocycles. The number of nitrogens with zero attached hydrogens (tertiary/aromatic N) is 3. The standard InChI is InChI=1S/C11H14N4O/c1-7-14-8-6-11(2,12)4-5-13-9(8)10(16)15(7)3/h4-6H,12H2,1-3H3. The van der Waals surface area contributed by atoms with Crippen molar-refractivity contribution < 1.29 is 0 Å². The molecule has 5 heteroatoms. The van der Waals surface area contributed by atoms with E-state index in [-0.39, 0.29) is 5.56 Å². The van der Waals surface area contributed by atoms with Crippen molar-refractivity contribution in [2.75, 3.05) is 0 Å². The molecule has 0 radical (unpaired) electrons. The summed E-state index contributed by atoms with van der Waals surface area (Å²) in [6.07, 6.45) is 5.05. The van der Waals surface area contributed by atoms with E-state index >= 15 is 0 Å². The zero-order valence-corrected chi connectivity index (χ0v) is 9.56. The van der Waals surface area contributed by atoms with Crippen molar-refractivity contribution in [3.8, 4) is 0 Å². The third-order valence-corrected chi connectivity index (χ3v) is 2.60. The molecule has 84 valence electrons. The SMILES string of the molecule is Cc1nc2c(c(=O)n1C)=NC=CC(C)(N)C=2. The topological polar surface area (TPSA) is 73.3 Å². The second-order valence-corrected chi connectivity index (χ2v) is 4.21. The molecule has 5 nitrogen and oxygen atoms in total. The minimum Gasteiger partial charge on any atom is -0.319 e. The zero-order valence-electron chi connectivity index (χ0n) is 9.56. The molecule has 0 saturated heterocycles. The van der Waals surface area contributed by atoms with Crippen LogP contribution in [0.5, 0.6) is 0 Å². The lowest BCUT2D eigenvalue weighted by Gasteiger charge is -2.12. The summed E-state index contributed by atoms with van der Waals surface area (Å²) < 4.78 is 1.48. The maximum absolute atomic E-state index is 11.9. The third-order valence-electron chi connectivity index (χ3n) is 2.60. The summed E-state index contributed by atoms with van der Waals surface area (Å²) in [6.45, 7) is 3.62. The van der Waals surface area contributed by atoms with Gasteiger partial charge in [0.25, 0.3) is 5.56 Å². The second-order valence-electron chi connectivity index (χ2n) is 4.21. The van der Waals surface area contributed by atoms with Gasteiger partial charge in [0.1, 0.15) is 5.82 Å². The van der Waals surface area contributed by atoms with Crippen LogP contribution in [-0.4, -0.2) is 15.1 Å². The Morgan fingerprint density at radius 3 is 2.88 bits per heavy atom. The van der Waals surface area contributed by atoms with Gasteiger partial charge in [0.05, 0.1) is 10.9 Å². The highest BCUT2D eigenvalue weighted by molar-refractivity contribution is 5.39. The van der Waals surface area contributed by atoms with E-state index in [2.05, 4.69) is 9.98 Å². The third kappa shape index (κ3) is 1.69. The monoisotopic (exact) mass is 218 g/mol. The average molecular weight is 218 g/mol. The van der Waals surface area contributed by atoms with Gasteiger partial charge < -0.3 is 5.73 Å². The van der Waals surface area contributed by atoms with E-state index in [4.69, 9.17) is 5.73 Å². The molecule has 2 N–H and O–H groups in total. The van der Waals surface area contributed by atoms with Gasteiger partial charge >= 0.3 is 0 Å². The highest BCUT2D eigenvalue weighted by atomic mass is 16.1. The molecule has 1 aromatic rings. The van der Waals surface area contributed by atoms with Crippen LogP contribution in [0.15, 0.2) is 22.1 Å². The first-order valence-corrected chi connectivity index (χ1v) is 5.02. The van der Waals surface area contributed by atoms with Gasteiger partial charge in [-0.3, -0.25) is 9.36 Å². The first-order valence-electron chi connectivity index (χ1n) is 5.02. The fraction of sp³-hybridized carbons (Fsp3) is 0.364. The molecule has 0 saturated carbocycles. The smallest absolute Gasteiger partial charge is 0.279 e. The van der Waals surface area contributed by atoms with Crippen LogP contribution < -0.4 is 22.0 Å². The molecule has 1 atom stereocenters. The van der Waals surface area contributed by atoms with Crippen LogP contribution in [0.4, 0.5) is 0 Å². The summed E-state index contributed by atoms with van der Waals surface area (Å²) in [4.78, 5) is 20.4. The molecule has 1 aromatic heterocycles. The van der Waals surface area contributed by atoms with E-state index in [0.29, 0.717) is 16.5 Å². The minimum absolute atomic E-state index is 0.152. The van der Waals surface area contributed by atoms with E-state index in [1.165, 1.54) is 4.57 Å². The Balaban J connectivity index is 2.97. The lowest BCUT2D eigenvalue weighted by Crippen LogP contribution is -2.48. The van der Waals surface area contributed by atoms with Crippen LogP contribution in [0.1, 0.15) is 12.7 Å². The summed E-state index contributed by atoms with van der Waals surface area (Å²) in [5, 5.41) is 0.897. The van der Waals surface area contributed by atoms with Crippen molar-refractivity contribution in [2.45, 2.75) is 19.4 Å². The molecule has 0 fully saturated rings. The van der Waals surface area contributed by atoms with Crippen molar-refractivity contribution in [3.05, 3.63) is 39.2 Å². The zero-order chi connectivity index (χ0) is 11.9. The molecule has 0 aliphatic carbocycles. The van der Waals surface area contributed by atoms with Crippen LogP contribution >= 0.6 is 0 Å². The van der Waals surface area contributed by atoms with Crippen LogP contribution in [0.3, 0.4) is 0 Å². The van der Waals surface area contributed by atoms with Gasteiger partial charge in [0.15, 0.2) is 5.36 Å². The normalized spacial score (nSPS) is 23.0. The Bertz CT molecular complexity index is 637. The largest absolute Gasteiger partial charge is 0.319 e. The first-order chi connectivity index (χ1) is 7.41. The minimum atomic E-state index is -0.624. The summed E-state index contributed by atoms with van der Waals surface area (Å²) >= 11 is 0. The fourth-order valence-corrected chi connectivity index (χ4v) is 1.55. The number of nitrogens with two attached hydrogens (primary N) is 1. The molecular weight excluding hydrogens is 204 g/mol. The van der Waals surface area contributed by atoms with Gasteiger partial charge in [-0.1, -0.05) is 0 Å². The first kappa shape index (κ1) is 10.8. The number of hydrogen-bond donors (Lipinski definition) is 1. The predicted molar refractivity (Wildman–Crippen MR) is 61.2 cm³/mol. The molecule has 0 amide bonds. The van der Waals surface area contributed by atoms with Crippen molar-refractivity contribution in [2.24, 2.45) is 17.8 Å². The Kier molecular flexibility index (Phi) is 2.27. The van der Waals surface area contributed by atoms with E-state index in [1.807, 2.05) is 6.92 Å². The van der Waals surface area contributed by atoms with Crippen molar-refractivity contribution in [3.63, 3.8) is 0 Å². The van der Waals surface area contributed by atoms with Gasteiger partial charge in [-0.25, -0.2) is 9.98 Å². The molecule has 1 aliphatic rings. The molecule has 16 heavy (non-hydrogen) atoms. The number of aryl methyl sites for hydroxylation is 1. The molecule has 0 spiro atoms. The fourth-order valence-electron chi connectivity index (χ4n) is 1.55. The van der Waals surface area contributed by atoms with E-state index in [9.17, 15) is 4.79 Å². The highest BCUT2D eigenvalue weighted by Gasteiger charge is 2.14. The average Bonchev–Trinajstić information content (AvgIpc) is 2.32. The van der Waals surface area contributed by atoms with E-state index < -0.39 is 5.54 Å². The van der Waals surface area contributed by atoms with Crippen LogP contribution in [0.2, 0.25) is 0 Å². The lowest BCUT2D eigenvalue weighted by molar-refractivity contribution is 0.740. The number of fused-ring (bicyclic) bond motifs is 1. The van der Waals surface area contributed by atoms with Gasteiger partial charge in [0, 0.05) is 13.2 Å². The Morgan fingerprint density at radius 1 is 1.50 bits per heavy atom. The lowest BCUT2D eigenvalue weighted by atomic mass is 10.0. The van der Waals surface area contributed by atoms with Crippen LogP contribution in [-0.2, 0) is 7.05 Å². The Labute approximate surface area is 92.6 Å². The van der Waals surface area contributed by atoms with Gasteiger partial charge in [-0.2, -0.15) is 0 Å². The van der Waals surface area contributed by atoms with Gasteiger partial charge in [-0.05, 0) is 26.0 Å². The molecule has 1 unspecified atom stereocenters. The summed E-state index contributed by atoms with van der Waals surface area (Å²) in [5.41, 5.74) is 5.20. The second kappa shape index (κ2) is 3.38. The van der Waals surface area contributed by atoms with Crippen LogP contribution in [0.25, 0.3) is 6.08 Å². The Hall–Kier alpha value is -1.75. The quantitative estimate of drug-likeness (QED) is 0.590. The molecular formula is C11H14N4O.